The molecular weight excluding hydrogens is 232 g/mol. The average molecular weight is 251 g/mol. The zero-order chi connectivity index (χ0) is 10.7. The molecule has 16 heavy (non-hydrogen) atoms. The zero-order valence-corrected chi connectivity index (χ0v) is 10.3. The van der Waals surface area contributed by atoms with E-state index in [1.807, 2.05) is 4.90 Å². The minimum atomic E-state index is 0. The highest BCUT2D eigenvalue weighted by Gasteiger charge is 2.27. The summed E-state index contributed by atoms with van der Waals surface area (Å²) in [4.78, 5) is 13.5. The van der Waals surface area contributed by atoms with Crippen LogP contribution in [0.25, 0.3) is 0 Å². The second kappa shape index (κ2) is 6.39. The van der Waals surface area contributed by atoms with Gasteiger partial charge in [0.2, 0.25) is 5.91 Å². The van der Waals surface area contributed by atoms with Crippen molar-refractivity contribution in [2.24, 2.45) is 0 Å². The number of ether oxygens (including phenoxy) is 2. The first-order valence-electron chi connectivity index (χ1n) is 5.42. The number of halogens is 1. The molecule has 2 aliphatic rings. The summed E-state index contributed by atoms with van der Waals surface area (Å²) in [5.74, 6) is 0.0847. The van der Waals surface area contributed by atoms with Gasteiger partial charge in [0, 0.05) is 33.3 Å². The third-order valence-corrected chi connectivity index (χ3v) is 3.02. The Morgan fingerprint density at radius 2 is 2.19 bits per heavy atom. The summed E-state index contributed by atoms with van der Waals surface area (Å²) in [6.45, 7) is 3.45. The van der Waals surface area contributed by atoms with Crippen LogP contribution in [0, 0.1) is 0 Å². The number of nitrogens with one attached hydrogen (secondary N) is 1. The number of hydrogen-bond acceptors (Lipinski definition) is 4. The molecule has 0 radical (unpaired) electrons. The van der Waals surface area contributed by atoms with Gasteiger partial charge in [-0.15, -0.1) is 12.4 Å². The van der Waals surface area contributed by atoms with E-state index < -0.39 is 0 Å². The van der Waals surface area contributed by atoms with Crippen LogP contribution in [0.15, 0.2) is 0 Å². The quantitative estimate of drug-likeness (QED) is 0.741. The molecular formula is C10H19ClN2O3. The highest BCUT2D eigenvalue weighted by atomic mass is 35.5. The maximum Gasteiger partial charge on any atom is 0.248 e. The fourth-order valence-corrected chi connectivity index (χ4v) is 1.81. The lowest BCUT2D eigenvalue weighted by Gasteiger charge is -2.27. The maximum atomic E-state index is 11.7. The minimum absolute atomic E-state index is 0. The summed E-state index contributed by atoms with van der Waals surface area (Å²) in [6.07, 6.45) is 1.38. The molecule has 1 amide bonds. The Kier molecular flexibility index (Phi) is 5.48. The summed E-state index contributed by atoms with van der Waals surface area (Å²) >= 11 is 0. The van der Waals surface area contributed by atoms with Crippen molar-refractivity contribution in [3.8, 4) is 0 Å². The lowest BCUT2D eigenvalue weighted by molar-refractivity contribution is -0.138. The second-order valence-corrected chi connectivity index (χ2v) is 4.08. The van der Waals surface area contributed by atoms with Crippen molar-refractivity contribution < 1.29 is 14.3 Å². The van der Waals surface area contributed by atoms with Gasteiger partial charge in [-0.05, 0) is 6.42 Å². The van der Waals surface area contributed by atoms with Gasteiger partial charge in [0.15, 0.2) is 0 Å². The highest BCUT2D eigenvalue weighted by Crippen LogP contribution is 2.12. The van der Waals surface area contributed by atoms with Crippen molar-refractivity contribution in [1.29, 1.82) is 0 Å². The topological polar surface area (TPSA) is 50.8 Å². The number of amides is 1. The monoisotopic (exact) mass is 250 g/mol. The van der Waals surface area contributed by atoms with Gasteiger partial charge in [0.1, 0.15) is 6.61 Å². The van der Waals surface area contributed by atoms with Gasteiger partial charge >= 0.3 is 0 Å². The molecule has 94 valence electrons. The van der Waals surface area contributed by atoms with Gasteiger partial charge in [0.05, 0.1) is 12.2 Å². The second-order valence-electron chi connectivity index (χ2n) is 4.08. The molecule has 1 N–H and O–H groups in total. The molecule has 0 aliphatic carbocycles. The van der Waals surface area contributed by atoms with Crippen LogP contribution in [0.5, 0.6) is 0 Å². The molecule has 0 aromatic heterocycles. The average Bonchev–Trinajstić information content (AvgIpc) is 2.63. The summed E-state index contributed by atoms with van der Waals surface area (Å²) < 4.78 is 10.6. The van der Waals surface area contributed by atoms with Crippen LogP contribution >= 0.6 is 12.4 Å². The van der Waals surface area contributed by atoms with Crippen LogP contribution in [0.1, 0.15) is 6.42 Å². The molecule has 0 saturated carbocycles. The summed E-state index contributed by atoms with van der Waals surface area (Å²) in [5.41, 5.74) is 0. The first-order valence-corrected chi connectivity index (χ1v) is 5.42. The largest absolute Gasteiger partial charge is 0.380 e. The van der Waals surface area contributed by atoms with Crippen molar-refractivity contribution in [2.75, 3.05) is 39.9 Å². The molecule has 2 fully saturated rings. The Labute approximate surface area is 102 Å². The summed E-state index contributed by atoms with van der Waals surface area (Å²) in [5, 5.41) is 3.10. The van der Waals surface area contributed by atoms with Crippen molar-refractivity contribution >= 4 is 18.3 Å². The number of nitrogens with zero attached hydrogens (tertiary/aromatic N) is 1. The number of methoxy groups -OCH3 is 1. The lowest BCUT2D eigenvalue weighted by Crippen LogP contribution is -2.49. The molecule has 0 unspecified atom stereocenters. The van der Waals surface area contributed by atoms with Gasteiger partial charge < -0.3 is 19.7 Å². The van der Waals surface area contributed by atoms with Crippen LogP contribution in [-0.4, -0.2) is 62.9 Å². The van der Waals surface area contributed by atoms with Gasteiger partial charge in [-0.3, -0.25) is 4.79 Å². The van der Waals surface area contributed by atoms with Gasteiger partial charge in [-0.25, -0.2) is 0 Å². The number of likely N-dealkylation sites (tertiary alicyclic amines) is 1. The number of hydrogen-bond donors (Lipinski definition) is 1. The van der Waals surface area contributed by atoms with Crippen LogP contribution in [0.2, 0.25) is 0 Å². The summed E-state index contributed by atoms with van der Waals surface area (Å²) in [7, 11) is 1.69. The van der Waals surface area contributed by atoms with Crippen molar-refractivity contribution in [1.82, 2.24) is 10.2 Å². The smallest absolute Gasteiger partial charge is 0.248 e. The van der Waals surface area contributed by atoms with E-state index in [0.717, 1.165) is 26.1 Å². The third-order valence-electron chi connectivity index (χ3n) is 3.02. The molecule has 0 aromatic carbocycles. The van der Waals surface area contributed by atoms with E-state index in [1.54, 1.807) is 7.11 Å². The normalized spacial score (nSPS) is 25.1. The Balaban J connectivity index is 0.00000128. The molecule has 1 atom stereocenters. The molecule has 2 aliphatic heterocycles. The number of rotatable bonds is 4. The molecule has 0 spiro atoms. The zero-order valence-electron chi connectivity index (χ0n) is 9.48. The molecule has 0 aromatic rings. The first kappa shape index (κ1) is 13.7. The fraction of sp³-hybridized carbons (Fsp3) is 0.900. The Bertz CT molecular complexity index is 236. The van der Waals surface area contributed by atoms with Crippen molar-refractivity contribution in [3.63, 3.8) is 0 Å². The van der Waals surface area contributed by atoms with Gasteiger partial charge in [-0.1, -0.05) is 0 Å². The SMILES string of the molecule is CO[C@@H]1CCN(C(=O)COC2CNC2)C1.Cl. The Hall–Kier alpha value is -0.360. The predicted octanol–water partition coefficient (Wildman–Crippen LogP) is -0.356. The Morgan fingerprint density at radius 1 is 1.44 bits per heavy atom. The van der Waals surface area contributed by atoms with Gasteiger partial charge in [0.25, 0.3) is 0 Å². The number of carbonyl (C=O) groups excluding carboxylic acids is 1. The Morgan fingerprint density at radius 3 is 2.69 bits per heavy atom. The van der Waals surface area contributed by atoms with E-state index in [-0.39, 0.29) is 37.1 Å². The van der Waals surface area contributed by atoms with Crippen LogP contribution in [0.3, 0.4) is 0 Å². The van der Waals surface area contributed by atoms with E-state index in [2.05, 4.69) is 5.32 Å². The fourth-order valence-electron chi connectivity index (χ4n) is 1.81. The van der Waals surface area contributed by atoms with Gasteiger partial charge in [-0.2, -0.15) is 0 Å². The highest BCUT2D eigenvalue weighted by molar-refractivity contribution is 5.85. The molecule has 2 heterocycles. The van der Waals surface area contributed by atoms with Crippen LogP contribution < -0.4 is 5.32 Å². The molecule has 2 rings (SSSR count). The van der Waals surface area contributed by atoms with E-state index in [4.69, 9.17) is 9.47 Å². The van der Waals surface area contributed by atoms with E-state index in [9.17, 15) is 4.79 Å². The van der Waals surface area contributed by atoms with Crippen molar-refractivity contribution in [2.45, 2.75) is 18.6 Å². The molecule has 6 heteroatoms. The molecule has 0 bridgehead atoms. The minimum Gasteiger partial charge on any atom is -0.380 e. The maximum absolute atomic E-state index is 11.7. The van der Waals surface area contributed by atoms with Crippen molar-refractivity contribution in [3.05, 3.63) is 0 Å². The van der Waals surface area contributed by atoms with E-state index >= 15 is 0 Å². The first-order chi connectivity index (χ1) is 7.29. The standard InChI is InChI=1S/C10H18N2O3.ClH/c1-14-8-2-3-12(6-8)10(13)7-15-9-4-11-5-9;/h8-9,11H,2-7H2,1H3;1H/t8-;/m1./s1. The number of carbonyl (C=O) groups is 1. The van der Waals surface area contributed by atoms with Crippen LogP contribution in [-0.2, 0) is 14.3 Å². The molecule has 2 saturated heterocycles. The summed E-state index contributed by atoms with van der Waals surface area (Å²) in [6, 6.07) is 0. The van der Waals surface area contributed by atoms with E-state index in [1.165, 1.54) is 0 Å². The van der Waals surface area contributed by atoms with E-state index in [0.29, 0.717) is 6.54 Å². The van der Waals surface area contributed by atoms with Crippen LogP contribution in [0.4, 0.5) is 0 Å². The lowest BCUT2D eigenvalue weighted by atomic mass is 10.2. The molecule has 5 nitrogen and oxygen atoms in total. The third kappa shape index (κ3) is 3.31. The predicted molar refractivity (Wildman–Crippen MR) is 61.9 cm³/mol.